The Morgan fingerprint density at radius 3 is 2.50 bits per heavy atom. The summed E-state index contributed by atoms with van der Waals surface area (Å²) < 4.78 is 0. The van der Waals surface area contributed by atoms with Crippen LogP contribution in [0.2, 0.25) is 0 Å². The van der Waals surface area contributed by atoms with Crippen molar-refractivity contribution in [2.45, 2.75) is 52.6 Å². The van der Waals surface area contributed by atoms with E-state index < -0.39 is 5.60 Å². The van der Waals surface area contributed by atoms with Gasteiger partial charge in [0.2, 0.25) is 0 Å². The molecule has 1 aliphatic rings. The molecule has 0 aromatic heterocycles. The fourth-order valence-electron chi connectivity index (χ4n) is 2.43. The van der Waals surface area contributed by atoms with E-state index in [1.807, 2.05) is 11.8 Å². The minimum absolute atomic E-state index is 0.311. The van der Waals surface area contributed by atoms with E-state index in [-0.39, 0.29) is 0 Å². The van der Waals surface area contributed by atoms with E-state index in [9.17, 15) is 5.11 Å². The molecule has 1 saturated heterocycles. The average Bonchev–Trinajstić information content (AvgIpc) is 2.00. The van der Waals surface area contributed by atoms with Gasteiger partial charge in [-0.15, -0.1) is 0 Å². The Kier molecular flexibility index (Phi) is 3.93. The molecule has 1 rings (SSSR count). The number of thioether (sulfide) groups is 1. The molecule has 0 aromatic carbocycles. The maximum atomic E-state index is 10.5. The maximum absolute atomic E-state index is 10.5. The number of hydrogen-bond donors (Lipinski definition) is 1. The Balaban J connectivity index is 2.55. The van der Waals surface area contributed by atoms with Gasteiger partial charge in [0, 0.05) is 5.75 Å². The van der Waals surface area contributed by atoms with E-state index in [0.717, 1.165) is 18.6 Å². The molecule has 0 spiro atoms. The third-order valence-corrected chi connectivity index (χ3v) is 4.82. The Labute approximate surface area is 92.7 Å². The molecule has 0 radical (unpaired) electrons. The van der Waals surface area contributed by atoms with Crippen LogP contribution in [0.1, 0.15) is 47.0 Å². The fraction of sp³-hybridized carbons (Fsp3) is 1.00. The van der Waals surface area contributed by atoms with Crippen LogP contribution < -0.4 is 0 Å². The minimum Gasteiger partial charge on any atom is -0.389 e. The molecule has 0 aromatic rings. The first-order valence-electron chi connectivity index (χ1n) is 5.67. The van der Waals surface area contributed by atoms with Crippen LogP contribution in [0.15, 0.2) is 0 Å². The lowest BCUT2D eigenvalue weighted by atomic mass is 9.78. The van der Waals surface area contributed by atoms with Crippen LogP contribution in [0, 0.1) is 11.3 Å². The van der Waals surface area contributed by atoms with Crippen molar-refractivity contribution in [1.29, 1.82) is 0 Å². The van der Waals surface area contributed by atoms with Crippen LogP contribution in [-0.2, 0) is 0 Å². The summed E-state index contributed by atoms with van der Waals surface area (Å²) in [6, 6.07) is 0. The minimum atomic E-state index is -0.401. The van der Waals surface area contributed by atoms with E-state index >= 15 is 0 Å². The topological polar surface area (TPSA) is 20.2 Å². The molecule has 84 valence electrons. The summed E-state index contributed by atoms with van der Waals surface area (Å²) in [5, 5.41) is 10.5. The summed E-state index contributed by atoms with van der Waals surface area (Å²) in [7, 11) is 0. The summed E-state index contributed by atoms with van der Waals surface area (Å²) in [5.41, 5.74) is -0.0903. The fourth-order valence-corrected chi connectivity index (χ4v) is 3.79. The summed E-state index contributed by atoms with van der Waals surface area (Å²) in [6.45, 7) is 8.97. The summed E-state index contributed by atoms with van der Waals surface area (Å²) in [6.07, 6.45) is 3.12. The number of rotatable bonds is 3. The van der Waals surface area contributed by atoms with Gasteiger partial charge in [0.25, 0.3) is 0 Å². The highest BCUT2D eigenvalue weighted by atomic mass is 32.2. The van der Waals surface area contributed by atoms with Crippen LogP contribution in [0.3, 0.4) is 0 Å². The van der Waals surface area contributed by atoms with Crippen LogP contribution in [0.4, 0.5) is 0 Å². The molecule has 14 heavy (non-hydrogen) atoms. The van der Waals surface area contributed by atoms with E-state index in [1.54, 1.807) is 0 Å². The zero-order valence-corrected chi connectivity index (χ0v) is 10.8. The zero-order chi connectivity index (χ0) is 10.8. The maximum Gasteiger partial charge on any atom is 0.0745 e. The predicted octanol–water partition coefficient (Wildman–Crippen LogP) is 3.32. The first-order valence-corrected chi connectivity index (χ1v) is 6.82. The van der Waals surface area contributed by atoms with Crippen molar-refractivity contribution in [2.75, 3.05) is 11.5 Å². The van der Waals surface area contributed by atoms with Crippen molar-refractivity contribution in [3.8, 4) is 0 Å². The lowest BCUT2D eigenvalue weighted by Gasteiger charge is -2.42. The molecule has 2 unspecified atom stereocenters. The highest BCUT2D eigenvalue weighted by Gasteiger charge is 2.39. The van der Waals surface area contributed by atoms with Crippen LogP contribution >= 0.6 is 11.8 Å². The second kappa shape index (κ2) is 4.44. The third-order valence-electron chi connectivity index (χ3n) is 3.10. The SMILES string of the molecule is CCC(C)CC1(O)CSCC(C)(C)C1. The van der Waals surface area contributed by atoms with Gasteiger partial charge in [-0.1, -0.05) is 34.1 Å². The smallest absolute Gasteiger partial charge is 0.0745 e. The van der Waals surface area contributed by atoms with Gasteiger partial charge in [0.15, 0.2) is 0 Å². The van der Waals surface area contributed by atoms with Crippen molar-refractivity contribution in [3.63, 3.8) is 0 Å². The molecule has 2 atom stereocenters. The first kappa shape index (κ1) is 12.4. The quantitative estimate of drug-likeness (QED) is 0.781. The third kappa shape index (κ3) is 3.47. The molecule has 0 bridgehead atoms. The Bertz CT molecular complexity index is 191. The molecule has 1 heterocycles. The van der Waals surface area contributed by atoms with Crippen molar-refractivity contribution >= 4 is 11.8 Å². The molecule has 1 nitrogen and oxygen atoms in total. The van der Waals surface area contributed by atoms with Crippen LogP contribution in [0.25, 0.3) is 0 Å². The van der Waals surface area contributed by atoms with Gasteiger partial charge in [-0.05, 0) is 29.9 Å². The Morgan fingerprint density at radius 1 is 1.36 bits per heavy atom. The molecule has 0 amide bonds. The van der Waals surface area contributed by atoms with Crippen molar-refractivity contribution in [1.82, 2.24) is 0 Å². The molecule has 2 heteroatoms. The standard InChI is InChI=1S/C12H24OS/c1-5-10(2)6-12(13)7-11(3,4)8-14-9-12/h10,13H,5-9H2,1-4H3. The van der Waals surface area contributed by atoms with Gasteiger partial charge < -0.3 is 5.11 Å². The van der Waals surface area contributed by atoms with E-state index in [1.165, 1.54) is 12.2 Å². The number of hydrogen-bond acceptors (Lipinski definition) is 2. The molecule has 1 N–H and O–H groups in total. The molecule has 1 fully saturated rings. The van der Waals surface area contributed by atoms with E-state index in [0.29, 0.717) is 11.3 Å². The first-order chi connectivity index (χ1) is 6.37. The van der Waals surface area contributed by atoms with Crippen molar-refractivity contribution < 1.29 is 5.11 Å². The van der Waals surface area contributed by atoms with Gasteiger partial charge in [-0.3, -0.25) is 0 Å². The van der Waals surface area contributed by atoms with Crippen LogP contribution in [0.5, 0.6) is 0 Å². The normalized spacial score (nSPS) is 34.1. The second-order valence-electron chi connectivity index (χ2n) is 5.78. The lowest BCUT2D eigenvalue weighted by molar-refractivity contribution is -0.000448. The predicted molar refractivity (Wildman–Crippen MR) is 64.7 cm³/mol. The van der Waals surface area contributed by atoms with E-state index in [4.69, 9.17) is 0 Å². The summed E-state index contributed by atoms with van der Waals surface area (Å²) in [4.78, 5) is 0. The highest BCUT2D eigenvalue weighted by molar-refractivity contribution is 7.99. The Morgan fingerprint density at radius 2 is 2.00 bits per heavy atom. The summed E-state index contributed by atoms with van der Waals surface area (Å²) >= 11 is 1.91. The van der Waals surface area contributed by atoms with E-state index in [2.05, 4.69) is 27.7 Å². The molecule has 1 aliphatic heterocycles. The van der Waals surface area contributed by atoms with Gasteiger partial charge in [0.1, 0.15) is 0 Å². The second-order valence-corrected chi connectivity index (χ2v) is 6.76. The van der Waals surface area contributed by atoms with Gasteiger partial charge in [-0.2, -0.15) is 11.8 Å². The van der Waals surface area contributed by atoms with Gasteiger partial charge >= 0.3 is 0 Å². The van der Waals surface area contributed by atoms with Gasteiger partial charge in [0.05, 0.1) is 5.60 Å². The highest BCUT2D eigenvalue weighted by Crippen LogP contribution is 2.42. The van der Waals surface area contributed by atoms with Gasteiger partial charge in [-0.25, -0.2) is 0 Å². The monoisotopic (exact) mass is 216 g/mol. The van der Waals surface area contributed by atoms with Crippen molar-refractivity contribution in [3.05, 3.63) is 0 Å². The molecule has 0 aliphatic carbocycles. The molecule has 0 saturated carbocycles. The largest absolute Gasteiger partial charge is 0.389 e. The molecular formula is C12H24OS. The average molecular weight is 216 g/mol. The number of aliphatic hydroxyl groups is 1. The lowest BCUT2D eigenvalue weighted by Crippen LogP contribution is -2.43. The molecular weight excluding hydrogens is 192 g/mol. The van der Waals surface area contributed by atoms with Crippen LogP contribution in [-0.4, -0.2) is 22.2 Å². The summed E-state index contributed by atoms with van der Waals surface area (Å²) in [5.74, 6) is 2.77. The zero-order valence-electron chi connectivity index (χ0n) is 9.97. The Hall–Kier alpha value is 0.310. The van der Waals surface area contributed by atoms with Crippen molar-refractivity contribution in [2.24, 2.45) is 11.3 Å².